The van der Waals surface area contributed by atoms with Crippen molar-refractivity contribution >= 4 is 22.8 Å². The zero-order chi connectivity index (χ0) is 23.7. The Kier molecular flexibility index (Phi) is 6.49. The SMILES string of the molecule is CCC(C(=O)O)n1c2c(c3cc(F)ccc31)CC(N(CCc1cccc(F)c1)C(C)=O)CC2. The minimum atomic E-state index is -0.913. The van der Waals surface area contributed by atoms with E-state index in [4.69, 9.17) is 0 Å². The second-order valence-electron chi connectivity index (χ2n) is 8.71. The lowest BCUT2D eigenvalue weighted by Gasteiger charge is -2.35. The summed E-state index contributed by atoms with van der Waals surface area (Å²) in [5.74, 6) is -1.65. The summed E-state index contributed by atoms with van der Waals surface area (Å²) in [6, 6.07) is 10.0. The lowest BCUT2D eigenvalue weighted by Crippen LogP contribution is -2.43. The van der Waals surface area contributed by atoms with Crippen LogP contribution >= 0.6 is 0 Å². The highest BCUT2D eigenvalue weighted by molar-refractivity contribution is 5.88. The van der Waals surface area contributed by atoms with Gasteiger partial charge in [-0.1, -0.05) is 19.1 Å². The van der Waals surface area contributed by atoms with Crippen LogP contribution in [0, 0.1) is 11.6 Å². The van der Waals surface area contributed by atoms with E-state index in [1.54, 1.807) is 12.1 Å². The maximum atomic E-state index is 14.2. The van der Waals surface area contributed by atoms with Crippen LogP contribution in [0.3, 0.4) is 0 Å². The number of amides is 1. The number of halogens is 2. The van der Waals surface area contributed by atoms with Gasteiger partial charge in [-0.2, -0.15) is 0 Å². The number of benzene rings is 2. The summed E-state index contributed by atoms with van der Waals surface area (Å²) in [5, 5.41) is 10.5. The number of carboxylic acid groups (broad SMARTS) is 1. The van der Waals surface area contributed by atoms with Crippen molar-refractivity contribution in [2.75, 3.05) is 6.54 Å². The van der Waals surface area contributed by atoms with Crippen molar-refractivity contribution < 1.29 is 23.5 Å². The number of fused-ring (bicyclic) bond motifs is 3. The Morgan fingerprint density at radius 3 is 2.61 bits per heavy atom. The smallest absolute Gasteiger partial charge is 0.326 e. The van der Waals surface area contributed by atoms with Gasteiger partial charge in [-0.3, -0.25) is 4.79 Å². The van der Waals surface area contributed by atoms with Crippen molar-refractivity contribution in [3.8, 4) is 0 Å². The van der Waals surface area contributed by atoms with Gasteiger partial charge in [0.15, 0.2) is 0 Å². The van der Waals surface area contributed by atoms with Crippen LogP contribution < -0.4 is 0 Å². The molecule has 2 aromatic carbocycles. The average Bonchev–Trinajstić information content (AvgIpc) is 3.07. The van der Waals surface area contributed by atoms with Crippen LogP contribution in [0.1, 0.15) is 49.6 Å². The molecule has 2 unspecified atom stereocenters. The first kappa shape index (κ1) is 23.0. The molecule has 0 saturated carbocycles. The topological polar surface area (TPSA) is 62.5 Å². The van der Waals surface area contributed by atoms with E-state index in [0.29, 0.717) is 49.6 Å². The van der Waals surface area contributed by atoms with Gasteiger partial charge in [0.2, 0.25) is 5.91 Å². The lowest BCUT2D eigenvalue weighted by atomic mass is 9.89. The molecule has 0 bridgehead atoms. The van der Waals surface area contributed by atoms with E-state index in [1.165, 1.54) is 31.2 Å². The molecule has 7 heteroatoms. The fourth-order valence-electron chi connectivity index (χ4n) is 5.18. The van der Waals surface area contributed by atoms with E-state index in [9.17, 15) is 23.5 Å². The number of nitrogens with zero attached hydrogens (tertiary/aromatic N) is 2. The molecule has 1 aromatic heterocycles. The first-order chi connectivity index (χ1) is 15.8. The highest BCUT2D eigenvalue weighted by Crippen LogP contribution is 2.37. The second-order valence-corrected chi connectivity index (χ2v) is 8.71. The molecule has 0 saturated heterocycles. The summed E-state index contributed by atoms with van der Waals surface area (Å²) >= 11 is 0. The van der Waals surface area contributed by atoms with Crippen molar-refractivity contribution in [2.24, 2.45) is 0 Å². The predicted molar refractivity (Wildman–Crippen MR) is 122 cm³/mol. The Morgan fingerprint density at radius 1 is 1.18 bits per heavy atom. The molecular formula is C26H28F2N2O3. The van der Waals surface area contributed by atoms with Gasteiger partial charge in [-0.15, -0.1) is 0 Å². The fourth-order valence-corrected chi connectivity index (χ4v) is 5.18. The standard InChI is InChI=1S/C26H28F2N2O3/c1-3-23(26(32)33)30-24-9-7-19(28)14-21(24)22-15-20(8-10-25(22)30)29(16(2)31)12-11-17-5-4-6-18(27)13-17/h4-7,9,13-14,20,23H,3,8,10-12,15H2,1-2H3,(H,32,33). The average molecular weight is 455 g/mol. The fraction of sp³-hybridized carbons (Fsp3) is 0.385. The van der Waals surface area contributed by atoms with Crippen molar-refractivity contribution in [3.05, 3.63) is 70.9 Å². The minimum Gasteiger partial charge on any atom is -0.480 e. The Morgan fingerprint density at radius 2 is 1.94 bits per heavy atom. The third kappa shape index (κ3) is 4.49. The molecule has 5 nitrogen and oxygen atoms in total. The highest BCUT2D eigenvalue weighted by Gasteiger charge is 2.33. The first-order valence-electron chi connectivity index (χ1n) is 11.4. The zero-order valence-corrected chi connectivity index (χ0v) is 18.9. The summed E-state index contributed by atoms with van der Waals surface area (Å²) < 4.78 is 29.6. The van der Waals surface area contributed by atoms with Crippen LogP contribution in [0.4, 0.5) is 8.78 Å². The van der Waals surface area contributed by atoms with Gasteiger partial charge in [0.1, 0.15) is 17.7 Å². The van der Waals surface area contributed by atoms with E-state index in [2.05, 4.69) is 0 Å². The van der Waals surface area contributed by atoms with E-state index >= 15 is 0 Å². The molecule has 0 spiro atoms. The minimum absolute atomic E-state index is 0.0632. The van der Waals surface area contributed by atoms with E-state index < -0.39 is 12.0 Å². The van der Waals surface area contributed by atoms with Gasteiger partial charge in [-0.05, 0) is 73.6 Å². The number of rotatable bonds is 7. The zero-order valence-electron chi connectivity index (χ0n) is 18.9. The van der Waals surface area contributed by atoms with Gasteiger partial charge >= 0.3 is 5.97 Å². The van der Waals surface area contributed by atoms with Crippen molar-refractivity contribution in [1.29, 1.82) is 0 Å². The number of carbonyl (C=O) groups is 2. The summed E-state index contributed by atoms with van der Waals surface area (Å²) in [6.07, 6.45) is 2.77. The molecule has 1 N–H and O–H groups in total. The van der Waals surface area contributed by atoms with Crippen LogP contribution in [0.25, 0.3) is 10.9 Å². The maximum Gasteiger partial charge on any atom is 0.326 e. The summed E-state index contributed by atoms with van der Waals surface area (Å²) in [7, 11) is 0. The highest BCUT2D eigenvalue weighted by atomic mass is 19.1. The monoisotopic (exact) mass is 454 g/mol. The molecular weight excluding hydrogens is 426 g/mol. The number of aromatic nitrogens is 1. The first-order valence-corrected chi connectivity index (χ1v) is 11.4. The number of hydrogen-bond acceptors (Lipinski definition) is 2. The Balaban J connectivity index is 1.67. The Labute approximate surface area is 191 Å². The van der Waals surface area contributed by atoms with Crippen LogP contribution in [-0.2, 0) is 28.9 Å². The molecule has 1 heterocycles. The predicted octanol–water partition coefficient (Wildman–Crippen LogP) is 4.90. The Hall–Kier alpha value is -3.22. The molecule has 0 radical (unpaired) electrons. The molecule has 4 rings (SSSR count). The van der Waals surface area contributed by atoms with E-state index in [1.807, 2.05) is 22.5 Å². The molecule has 1 aliphatic carbocycles. The third-order valence-electron chi connectivity index (χ3n) is 6.70. The van der Waals surface area contributed by atoms with Crippen molar-refractivity contribution in [3.63, 3.8) is 0 Å². The largest absolute Gasteiger partial charge is 0.480 e. The van der Waals surface area contributed by atoms with Crippen molar-refractivity contribution in [2.45, 2.75) is 58.0 Å². The van der Waals surface area contributed by atoms with Gasteiger partial charge in [0.05, 0.1) is 0 Å². The summed E-state index contributed by atoms with van der Waals surface area (Å²) in [4.78, 5) is 26.3. The molecule has 174 valence electrons. The lowest BCUT2D eigenvalue weighted by molar-refractivity contribution is -0.141. The molecule has 1 aliphatic rings. The molecule has 1 amide bonds. The van der Waals surface area contributed by atoms with Crippen LogP contribution in [-0.4, -0.2) is 39.0 Å². The normalized spacial score (nSPS) is 16.4. The quantitative estimate of drug-likeness (QED) is 0.552. The molecule has 3 aromatic rings. The van der Waals surface area contributed by atoms with Gasteiger partial charge in [0.25, 0.3) is 0 Å². The van der Waals surface area contributed by atoms with Crippen LogP contribution in [0.2, 0.25) is 0 Å². The maximum absolute atomic E-state index is 14.2. The molecule has 2 atom stereocenters. The van der Waals surface area contributed by atoms with Crippen LogP contribution in [0.15, 0.2) is 42.5 Å². The number of aliphatic carboxylic acids is 1. The molecule has 0 fully saturated rings. The number of carbonyl (C=O) groups excluding carboxylic acids is 1. The second kappa shape index (κ2) is 9.33. The molecule has 33 heavy (non-hydrogen) atoms. The van der Waals surface area contributed by atoms with E-state index in [-0.39, 0.29) is 23.6 Å². The van der Waals surface area contributed by atoms with Gasteiger partial charge in [-0.25, -0.2) is 13.6 Å². The van der Waals surface area contributed by atoms with E-state index in [0.717, 1.165) is 16.8 Å². The summed E-state index contributed by atoms with van der Waals surface area (Å²) in [5.41, 5.74) is 3.36. The Bertz CT molecular complexity index is 1200. The third-order valence-corrected chi connectivity index (χ3v) is 6.70. The van der Waals surface area contributed by atoms with Gasteiger partial charge < -0.3 is 14.6 Å². The van der Waals surface area contributed by atoms with Crippen LogP contribution in [0.5, 0.6) is 0 Å². The molecule has 0 aliphatic heterocycles. The number of hydrogen-bond donors (Lipinski definition) is 1. The summed E-state index contributed by atoms with van der Waals surface area (Å²) in [6.45, 7) is 3.82. The van der Waals surface area contributed by atoms with Crippen molar-refractivity contribution in [1.82, 2.24) is 9.47 Å². The number of carboxylic acids is 1. The van der Waals surface area contributed by atoms with Gasteiger partial charge in [0, 0.05) is 36.1 Å².